The lowest BCUT2D eigenvalue weighted by molar-refractivity contribution is -0.203. The van der Waals surface area contributed by atoms with Crippen molar-refractivity contribution in [2.45, 2.75) is 18.7 Å². The van der Waals surface area contributed by atoms with Gasteiger partial charge in [-0.2, -0.15) is 13.2 Å². The second-order valence-corrected chi connectivity index (χ2v) is 3.27. The number of aliphatic hydroxyl groups is 1. The maximum Gasteiger partial charge on any atom is 0.414 e. The number of benzene rings is 1. The summed E-state index contributed by atoms with van der Waals surface area (Å²) in [6.45, 7) is 0. The third-order valence-corrected chi connectivity index (χ3v) is 2.05. The molecule has 0 heterocycles. The van der Waals surface area contributed by atoms with Crippen molar-refractivity contribution in [1.29, 1.82) is 0 Å². The highest BCUT2D eigenvalue weighted by molar-refractivity contribution is 5.41. The Kier molecular flexibility index (Phi) is 3.64. The topological polar surface area (TPSA) is 49.7 Å². The van der Waals surface area contributed by atoms with Crippen molar-refractivity contribution < 1.29 is 28.1 Å². The van der Waals surface area contributed by atoms with Crippen LogP contribution in [0.15, 0.2) is 18.2 Å². The molecule has 0 aliphatic heterocycles. The van der Waals surface area contributed by atoms with Crippen LogP contribution in [0.2, 0.25) is 0 Å². The first-order valence-corrected chi connectivity index (χ1v) is 4.45. The predicted molar refractivity (Wildman–Crippen MR) is 50.4 cm³/mol. The van der Waals surface area contributed by atoms with Gasteiger partial charge in [0.15, 0.2) is 17.6 Å². The molecule has 1 rings (SSSR count). The number of halogens is 3. The van der Waals surface area contributed by atoms with Crippen LogP contribution in [0.1, 0.15) is 5.56 Å². The fraction of sp³-hybridized carbons (Fsp3) is 0.400. The van der Waals surface area contributed by atoms with E-state index in [1.54, 1.807) is 0 Å². The van der Waals surface area contributed by atoms with E-state index in [9.17, 15) is 18.3 Å². The van der Waals surface area contributed by atoms with Crippen molar-refractivity contribution in [2.75, 3.05) is 7.11 Å². The first kappa shape index (κ1) is 12.6. The third-order valence-electron chi connectivity index (χ3n) is 2.05. The number of phenols is 1. The van der Waals surface area contributed by atoms with E-state index in [0.29, 0.717) is 0 Å². The van der Waals surface area contributed by atoms with Crippen LogP contribution in [0.25, 0.3) is 0 Å². The number of hydrogen-bond donors (Lipinski definition) is 2. The lowest BCUT2D eigenvalue weighted by Gasteiger charge is -2.14. The molecule has 0 radical (unpaired) electrons. The van der Waals surface area contributed by atoms with Crippen LogP contribution in [0.4, 0.5) is 13.2 Å². The SMILES string of the molecule is COc1ccc(CC(O)C(F)(F)F)cc1O. The van der Waals surface area contributed by atoms with E-state index in [2.05, 4.69) is 0 Å². The fourth-order valence-electron chi connectivity index (χ4n) is 1.20. The Labute approximate surface area is 90.1 Å². The Morgan fingerprint density at radius 3 is 2.44 bits per heavy atom. The van der Waals surface area contributed by atoms with Crippen LogP contribution in [-0.2, 0) is 6.42 Å². The van der Waals surface area contributed by atoms with Crippen molar-refractivity contribution in [2.24, 2.45) is 0 Å². The van der Waals surface area contributed by atoms with Gasteiger partial charge < -0.3 is 14.9 Å². The molecule has 0 aromatic heterocycles. The molecule has 1 aromatic rings. The van der Waals surface area contributed by atoms with Gasteiger partial charge in [-0.3, -0.25) is 0 Å². The van der Waals surface area contributed by atoms with Gasteiger partial charge in [0.05, 0.1) is 7.11 Å². The molecule has 0 aliphatic carbocycles. The summed E-state index contributed by atoms with van der Waals surface area (Å²) in [5.41, 5.74) is 0.183. The van der Waals surface area contributed by atoms with Crippen molar-refractivity contribution in [3.8, 4) is 11.5 Å². The molecule has 3 nitrogen and oxygen atoms in total. The van der Waals surface area contributed by atoms with E-state index in [1.165, 1.54) is 19.2 Å². The van der Waals surface area contributed by atoms with Gasteiger partial charge in [-0.05, 0) is 17.7 Å². The van der Waals surface area contributed by atoms with Gasteiger partial charge in [0, 0.05) is 6.42 Å². The smallest absolute Gasteiger partial charge is 0.414 e. The molecular weight excluding hydrogens is 225 g/mol. The highest BCUT2D eigenvalue weighted by Crippen LogP contribution is 2.29. The van der Waals surface area contributed by atoms with E-state index >= 15 is 0 Å². The lowest BCUT2D eigenvalue weighted by atomic mass is 10.1. The minimum absolute atomic E-state index is 0.172. The van der Waals surface area contributed by atoms with E-state index in [4.69, 9.17) is 9.84 Å². The zero-order valence-electron chi connectivity index (χ0n) is 8.45. The molecule has 0 aliphatic rings. The fourth-order valence-corrected chi connectivity index (χ4v) is 1.20. The number of aromatic hydroxyl groups is 1. The van der Waals surface area contributed by atoms with Gasteiger partial charge in [0.25, 0.3) is 0 Å². The largest absolute Gasteiger partial charge is 0.504 e. The first-order valence-electron chi connectivity index (χ1n) is 4.45. The van der Waals surface area contributed by atoms with E-state index in [-0.39, 0.29) is 17.1 Å². The number of alkyl halides is 3. The van der Waals surface area contributed by atoms with Gasteiger partial charge in [-0.1, -0.05) is 6.07 Å². The number of methoxy groups -OCH3 is 1. The summed E-state index contributed by atoms with van der Waals surface area (Å²) in [6.07, 6.45) is -7.68. The van der Waals surface area contributed by atoms with Crippen LogP contribution >= 0.6 is 0 Å². The zero-order chi connectivity index (χ0) is 12.3. The van der Waals surface area contributed by atoms with Gasteiger partial charge in [0.1, 0.15) is 0 Å². The van der Waals surface area contributed by atoms with Gasteiger partial charge in [-0.15, -0.1) is 0 Å². The van der Waals surface area contributed by atoms with E-state index in [0.717, 1.165) is 6.07 Å². The molecule has 0 fully saturated rings. The Balaban J connectivity index is 2.79. The molecule has 0 amide bonds. The van der Waals surface area contributed by atoms with Crippen LogP contribution < -0.4 is 4.74 Å². The van der Waals surface area contributed by atoms with Crippen LogP contribution in [0.5, 0.6) is 11.5 Å². The highest BCUT2D eigenvalue weighted by Gasteiger charge is 2.38. The minimum atomic E-state index is -4.66. The summed E-state index contributed by atoms with van der Waals surface area (Å²) >= 11 is 0. The normalized spacial score (nSPS) is 13.6. The summed E-state index contributed by atoms with van der Waals surface area (Å²) in [7, 11) is 1.33. The number of hydrogen-bond acceptors (Lipinski definition) is 3. The molecular formula is C10H11F3O3. The van der Waals surface area contributed by atoms with Crippen LogP contribution in [-0.4, -0.2) is 29.6 Å². The monoisotopic (exact) mass is 236 g/mol. The van der Waals surface area contributed by atoms with E-state index in [1.807, 2.05) is 0 Å². The molecule has 1 aromatic carbocycles. The Morgan fingerprint density at radius 1 is 1.38 bits per heavy atom. The third kappa shape index (κ3) is 3.03. The summed E-state index contributed by atoms with van der Waals surface area (Å²) in [5.74, 6) is -0.0837. The maximum atomic E-state index is 12.0. The standard InChI is InChI=1S/C10H11F3O3/c1-16-8-3-2-6(4-7(8)14)5-9(15)10(11,12)13/h2-4,9,14-15H,5H2,1H3. The Hall–Kier alpha value is -1.43. The molecule has 0 saturated heterocycles. The maximum absolute atomic E-state index is 12.0. The molecule has 1 atom stereocenters. The summed E-state index contributed by atoms with van der Waals surface area (Å²) < 4.78 is 40.9. The molecule has 2 N–H and O–H groups in total. The molecule has 0 saturated carbocycles. The first-order chi connectivity index (χ1) is 7.34. The van der Waals surface area contributed by atoms with Gasteiger partial charge >= 0.3 is 6.18 Å². The van der Waals surface area contributed by atoms with Crippen molar-refractivity contribution in [3.63, 3.8) is 0 Å². The van der Waals surface area contributed by atoms with Crippen molar-refractivity contribution in [3.05, 3.63) is 23.8 Å². The van der Waals surface area contributed by atoms with Gasteiger partial charge in [0.2, 0.25) is 0 Å². The summed E-state index contributed by atoms with van der Waals surface area (Å²) in [4.78, 5) is 0. The average molecular weight is 236 g/mol. The van der Waals surface area contributed by atoms with Gasteiger partial charge in [-0.25, -0.2) is 0 Å². The number of ether oxygens (including phenoxy) is 1. The second kappa shape index (κ2) is 4.61. The van der Waals surface area contributed by atoms with Crippen molar-refractivity contribution in [1.82, 2.24) is 0 Å². The quantitative estimate of drug-likeness (QED) is 0.842. The molecule has 1 unspecified atom stereocenters. The minimum Gasteiger partial charge on any atom is -0.504 e. The second-order valence-electron chi connectivity index (χ2n) is 3.27. The summed E-state index contributed by atoms with van der Waals surface area (Å²) in [5, 5.41) is 18.1. The van der Waals surface area contributed by atoms with Crippen LogP contribution in [0, 0.1) is 0 Å². The lowest BCUT2D eigenvalue weighted by Crippen LogP contribution is -2.30. The zero-order valence-corrected chi connectivity index (χ0v) is 8.45. The molecule has 0 bridgehead atoms. The van der Waals surface area contributed by atoms with Crippen LogP contribution in [0.3, 0.4) is 0 Å². The molecule has 90 valence electrons. The summed E-state index contributed by atoms with van der Waals surface area (Å²) in [6, 6.07) is 3.83. The number of phenolic OH excluding ortho intramolecular Hbond substituents is 1. The molecule has 0 spiro atoms. The highest BCUT2D eigenvalue weighted by atomic mass is 19.4. The average Bonchev–Trinajstić information content (AvgIpc) is 2.16. The molecule has 6 heteroatoms. The van der Waals surface area contributed by atoms with E-state index < -0.39 is 18.7 Å². The van der Waals surface area contributed by atoms with Crippen molar-refractivity contribution >= 4 is 0 Å². The predicted octanol–water partition coefficient (Wildman–Crippen LogP) is 1.87. The number of aliphatic hydroxyl groups excluding tert-OH is 1. The number of rotatable bonds is 3. The Morgan fingerprint density at radius 2 is 2.00 bits per heavy atom. The Bertz CT molecular complexity index is 363. The molecule has 16 heavy (non-hydrogen) atoms.